The van der Waals surface area contributed by atoms with Gasteiger partial charge in [0.2, 0.25) is 0 Å². The zero-order valence-corrected chi connectivity index (χ0v) is 8.93. The molecule has 1 heterocycles. The molecule has 0 aromatic carbocycles. The summed E-state index contributed by atoms with van der Waals surface area (Å²) in [7, 11) is 0. The minimum absolute atomic E-state index is 0.000972. The molecule has 0 bridgehead atoms. The summed E-state index contributed by atoms with van der Waals surface area (Å²) >= 11 is 0. The third-order valence-corrected chi connectivity index (χ3v) is 2.53. The summed E-state index contributed by atoms with van der Waals surface area (Å²) in [5.74, 6) is 0.114. The molecule has 1 fully saturated rings. The van der Waals surface area contributed by atoms with Crippen LogP contribution >= 0.6 is 0 Å². The Balaban J connectivity index is 2.01. The summed E-state index contributed by atoms with van der Waals surface area (Å²) in [5.41, 5.74) is 1.80. The molecule has 0 aliphatic heterocycles. The summed E-state index contributed by atoms with van der Waals surface area (Å²) in [6.45, 7) is 4.17. The molecule has 1 aromatic heterocycles. The zero-order chi connectivity index (χ0) is 10.8. The number of carbonyl (C=O) groups is 1. The Labute approximate surface area is 88.7 Å². The van der Waals surface area contributed by atoms with Crippen molar-refractivity contribution >= 4 is 5.97 Å². The summed E-state index contributed by atoms with van der Waals surface area (Å²) in [5, 5.41) is 0. The van der Waals surface area contributed by atoms with Gasteiger partial charge in [0.15, 0.2) is 0 Å². The molecular formula is C11H14N2O2. The van der Waals surface area contributed by atoms with E-state index in [-0.39, 0.29) is 17.8 Å². The van der Waals surface area contributed by atoms with E-state index >= 15 is 0 Å². The van der Waals surface area contributed by atoms with Crippen molar-refractivity contribution in [1.29, 1.82) is 0 Å². The lowest BCUT2D eigenvalue weighted by molar-refractivity contribution is -0.144. The van der Waals surface area contributed by atoms with Crippen LogP contribution in [0.3, 0.4) is 0 Å². The van der Waals surface area contributed by atoms with Gasteiger partial charge in [-0.25, -0.2) is 0 Å². The first kappa shape index (κ1) is 10.1. The largest absolute Gasteiger partial charge is 0.466 e. The highest BCUT2D eigenvalue weighted by Gasteiger charge is 2.46. The molecule has 2 rings (SSSR count). The molecule has 0 spiro atoms. The van der Waals surface area contributed by atoms with Crippen molar-refractivity contribution in [1.82, 2.24) is 9.97 Å². The standard InChI is InChI=1S/C11H14N2O2/c1-3-15-11(14)9-4-8(9)10-6-12-5-7(2)13-10/h5-6,8-9H,3-4H2,1-2H3/t8-,9-/m0/s1. The van der Waals surface area contributed by atoms with E-state index in [1.54, 1.807) is 12.4 Å². The Bertz CT molecular complexity index is 379. The molecule has 0 N–H and O–H groups in total. The van der Waals surface area contributed by atoms with Crippen LogP contribution in [0, 0.1) is 12.8 Å². The molecule has 0 amide bonds. The first-order valence-electron chi connectivity index (χ1n) is 5.17. The number of nitrogens with zero attached hydrogens (tertiary/aromatic N) is 2. The van der Waals surface area contributed by atoms with Crippen molar-refractivity contribution in [2.24, 2.45) is 5.92 Å². The van der Waals surface area contributed by atoms with E-state index in [9.17, 15) is 4.79 Å². The third-order valence-electron chi connectivity index (χ3n) is 2.53. The van der Waals surface area contributed by atoms with Gasteiger partial charge in [-0.1, -0.05) is 0 Å². The second-order valence-electron chi connectivity index (χ2n) is 3.79. The van der Waals surface area contributed by atoms with E-state index in [4.69, 9.17) is 4.74 Å². The summed E-state index contributed by atoms with van der Waals surface area (Å²) in [6, 6.07) is 0. The molecule has 0 saturated heterocycles. The fourth-order valence-electron chi connectivity index (χ4n) is 1.69. The average molecular weight is 206 g/mol. The van der Waals surface area contributed by atoms with Crippen LogP contribution in [0.2, 0.25) is 0 Å². The molecule has 1 aliphatic carbocycles. The van der Waals surface area contributed by atoms with Crippen molar-refractivity contribution in [3.05, 3.63) is 23.8 Å². The lowest BCUT2D eigenvalue weighted by atomic mass is 10.2. The first-order chi connectivity index (χ1) is 7.22. The fraction of sp³-hybridized carbons (Fsp3) is 0.545. The minimum atomic E-state index is -0.106. The van der Waals surface area contributed by atoms with Crippen molar-refractivity contribution < 1.29 is 9.53 Å². The van der Waals surface area contributed by atoms with Crippen LogP contribution in [0.5, 0.6) is 0 Å². The number of carbonyl (C=O) groups excluding carboxylic acids is 1. The van der Waals surface area contributed by atoms with Crippen LogP contribution in [0.1, 0.15) is 30.7 Å². The lowest BCUT2D eigenvalue weighted by Gasteiger charge is -2.01. The molecule has 80 valence electrons. The van der Waals surface area contributed by atoms with E-state index in [1.807, 2.05) is 13.8 Å². The molecular weight excluding hydrogens is 192 g/mol. The molecule has 4 nitrogen and oxygen atoms in total. The molecule has 4 heteroatoms. The average Bonchev–Trinajstić information content (AvgIpc) is 2.97. The Morgan fingerprint density at radius 2 is 2.40 bits per heavy atom. The maximum Gasteiger partial charge on any atom is 0.309 e. The van der Waals surface area contributed by atoms with Gasteiger partial charge in [0.05, 0.1) is 23.9 Å². The number of hydrogen-bond acceptors (Lipinski definition) is 4. The van der Waals surface area contributed by atoms with E-state index in [0.29, 0.717) is 6.61 Å². The first-order valence-corrected chi connectivity index (χ1v) is 5.17. The van der Waals surface area contributed by atoms with Crippen molar-refractivity contribution in [3.63, 3.8) is 0 Å². The van der Waals surface area contributed by atoms with E-state index in [1.165, 1.54) is 0 Å². The molecule has 2 atom stereocenters. The molecule has 1 aliphatic rings. The second-order valence-corrected chi connectivity index (χ2v) is 3.79. The summed E-state index contributed by atoms with van der Waals surface area (Å²) in [6.07, 6.45) is 4.29. The Hall–Kier alpha value is -1.45. The Kier molecular flexibility index (Phi) is 2.66. The normalized spacial score (nSPS) is 23.6. The summed E-state index contributed by atoms with van der Waals surface area (Å²) < 4.78 is 4.96. The Morgan fingerprint density at radius 1 is 1.60 bits per heavy atom. The van der Waals surface area contributed by atoms with Crippen LogP contribution in [0.15, 0.2) is 12.4 Å². The number of rotatable bonds is 3. The van der Waals surface area contributed by atoms with Crippen molar-refractivity contribution in [3.8, 4) is 0 Å². The maximum absolute atomic E-state index is 11.4. The highest BCUT2D eigenvalue weighted by atomic mass is 16.5. The topological polar surface area (TPSA) is 52.1 Å². The molecule has 0 unspecified atom stereocenters. The van der Waals surface area contributed by atoms with Gasteiger partial charge < -0.3 is 4.74 Å². The van der Waals surface area contributed by atoms with E-state index in [0.717, 1.165) is 17.8 Å². The highest BCUT2D eigenvalue weighted by Crippen LogP contribution is 2.47. The van der Waals surface area contributed by atoms with Crippen LogP contribution in [-0.4, -0.2) is 22.5 Å². The highest BCUT2D eigenvalue weighted by molar-refractivity contribution is 5.77. The van der Waals surface area contributed by atoms with Crippen LogP contribution < -0.4 is 0 Å². The van der Waals surface area contributed by atoms with E-state index in [2.05, 4.69) is 9.97 Å². The monoisotopic (exact) mass is 206 g/mol. The Morgan fingerprint density at radius 3 is 3.07 bits per heavy atom. The van der Waals surface area contributed by atoms with E-state index < -0.39 is 0 Å². The number of ether oxygens (including phenoxy) is 1. The van der Waals surface area contributed by atoms with Crippen LogP contribution in [0.25, 0.3) is 0 Å². The number of esters is 1. The lowest BCUT2D eigenvalue weighted by Crippen LogP contribution is -2.07. The minimum Gasteiger partial charge on any atom is -0.466 e. The number of aromatic nitrogens is 2. The predicted octanol–water partition coefficient (Wildman–Crippen LogP) is 1.45. The zero-order valence-electron chi connectivity index (χ0n) is 8.93. The van der Waals surface area contributed by atoms with Gasteiger partial charge in [-0.15, -0.1) is 0 Å². The molecule has 15 heavy (non-hydrogen) atoms. The van der Waals surface area contributed by atoms with Gasteiger partial charge in [0.1, 0.15) is 0 Å². The van der Waals surface area contributed by atoms with Crippen LogP contribution in [0.4, 0.5) is 0 Å². The molecule has 1 aromatic rings. The number of hydrogen-bond donors (Lipinski definition) is 0. The van der Waals surface area contributed by atoms with Crippen molar-refractivity contribution in [2.45, 2.75) is 26.2 Å². The fourth-order valence-corrected chi connectivity index (χ4v) is 1.69. The molecule has 0 radical (unpaired) electrons. The van der Waals surface area contributed by atoms with Gasteiger partial charge in [0.25, 0.3) is 0 Å². The quantitative estimate of drug-likeness (QED) is 0.702. The van der Waals surface area contributed by atoms with Gasteiger partial charge in [-0.2, -0.15) is 0 Å². The third kappa shape index (κ3) is 2.14. The SMILES string of the molecule is CCOC(=O)[C@H]1C[C@@H]1c1cncc(C)n1. The van der Waals surface area contributed by atoms with Gasteiger partial charge >= 0.3 is 5.97 Å². The van der Waals surface area contributed by atoms with Gasteiger partial charge in [-0.05, 0) is 20.3 Å². The van der Waals surface area contributed by atoms with Gasteiger partial charge in [0, 0.05) is 18.3 Å². The predicted molar refractivity (Wildman–Crippen MR) is 54.3 cm³/mol. The smallest absolute Gasteiger partial charge is 0.309 e. The van der Waals surface area contributed by atoms with Gasteiger partial charge in [-0.3, -0.25) is 14.8 Å². The number of aryl methyl sites for hydroxylation is 1. The van der Waals surface area contributed by atoms with Crippen molar-refractivity contribution in [2.75, 3.05) is 6.61 Å². The maximum atomic E-state index is 11.4. The van der Waals surface area contributed by atoms with Crippen LogP contribution in [-0.2, 0) is 9.53 Å². The molecule has 1 saturated carbocycles. The second kappa shape index (κ2) is 3.96. The summed E-state index contributed by atoms with van der Waals surface area (Å²) in [4.78, 5) is 19.8.